The molecule has 1 N–H and O–H groups in total. The minimum atomic E-state index is -0.215. The maximum Gasteiger partial charge on any atom is 0.151 e. The van der Waals surface area contributed by atoms with Crippen LogP contribution < -0.4 is 5.32 Å². The fourth-order valence-electron chi connectivity index (χ4n) is 3.49. The molecule has 0 radical (unpaired) electrons. The number of para-hydroxylation sites is 1. The second-order valence-electron chi connectivity index (χ2n) is 6.17. The maximum atomic E-state index is 13.9. The summed E-state index contributed by atoms with van der Waals surface area (Å²) in [6, 6.07) is 5.22. The van der Waals surface area contributed by atoms with Crippen LogP contribution in [0.5, 0.6) is 0 Å². The SMILES string of the molecule is CCn1c(CC(C)C2CCCNC2)nc2c(F)cccc21. The lowest BCUT2D eigenvalue weighted by Crippen LogP contribution is -2.34. The number of imidazole rings is 1. The van der Waals surface area contributed by atoms with Gasteiger partial charge < -0.3 is 9.88 Å². The Balaban J connectivity index is 1.87. The predicted octanol–water partition coefficient (Wildman–Crippen LogP) is 3.37. The molecule has 0 amide bonds. The minimum absolute atomic E-state index is 0.215. The molecule has 0 aliphatic carbocycles. The number of benzene rings is 1. The summed E-state index contributed by atoms with van der Waals surface area (Å²) < 4.78 is 16.1. The van der Waals surface area contributed by atoms with Crippen molar-refractivity contribution >= 4 is 11.0 Å². The molecule has 0 bridgehead atoms. The van der Waals surface area contributed by atoms with E-state index in [1.165, 1.54) is 18.9 Å². The summed E-state index contributed by atoms with van der Waals surface area (Å²) in [4.78, 5) is 4.59. The van der Waals surface area contributed by atoms with E-state index >= 15 is 0 Å². The molecule has 3 nitrogen and oxygen atoms in total. The molecule has 1 aromatic heterocycles. The first-order valence-electron chi connectivity index (χ1n) is 8.05. The number of hydrogen-bond donors (Lipinski definition) is 1. The molecule has 114 valence electrons. The third-order valence-corrected chi connectivity index (χ3v) is 4.77. The Kier molecular flexibility index (Phi) is 4.24. The van der Waals surface area contributed by atoms with Gasteiger partial charge in [-0.05, 0) is 56.8 Å². The first-order valence-corrected chi connectivity index (χ1v) is 8.05. The highest BCUT2D eigenvalue weighted by Crippen LogP contribution is 2.26. The summed E-state index contributed by atoms with van der Waals surface area (Å²) in [7, 11) is 0. The quantitative estimate of drug-likeness (QED) is 0.935. The second kappa shape index (κ2) is 6.14. The third kappa shape index (κ3) is 2.82. The average molecular weight is 289 g/mol. The molecule has 2 atom stereocenters. The molecule has 21 heavy (non-hydrogen) atoms. The van der Waals surface area contributed by atoms with Gasteiger partial charge in [-0.25, -0.2) is 9.37 Å². The number of piperidine rings is 1. The van der Waals surface area contributed by atoms with Crippen LogP contribution in [0.2, 0.25) is 0 Å². The van der Waals surface area contributed by atoms with Crippen LogP contribution in [0.15, 0.2) is 18.2 Å². The Bertz CT molecular complexity index is 614. The standard InChI is InChI=1S/C17H24FN3/c1-3-21-15-8-4-7-14(18)17(15)20-16(21)10-12(2)13-6-5-9-19-11-13/h4,7-8,12-13,19H,3,5-6,9-11H2,1-2H3. The van der Waals surface area contributed by atoms with Crippen LogP contribution in [-0.4, -0.2) is 22.6 Å². The molecule has 1 aliphatic heterocycles. The lowest BCUT2D eigenvalue weighted by Gasteiger charge is -2.28. The first kappa shape index (κ1) is 14.5. The third-order valence-electron chi connectivity index (χ3n) is 4.77. The summed E-state index contributed by atoms with van der Waals surface area (Å²) in [5.74, 6) is 2.08. The van der Waals surface area contributed by atoms with Gasteiger partial charge in [0.15, 0.2) is 5.82 Å². The Morgan fingerprint density at radius 3 is 3.05 bits per heavy atom. The monoisotopic (exact) mass is 289 g/mol. The van der Waals surface area contributed by atoms with Crippen LogP contribution in [0, 0.1) is 17.7 Å². The number of halogens is 1. The van der Waals surface area contributed by atoms with Gasteiger partial charge in [-0.15, -0.1) is 0 Å². The fourth-order valence-corrected chi connectivity index (χ4v) is 3.49. The number of aromatic nitrogens is 2. The molecular weight excluding hydrogens is 265 g/mol. The summed E-state index contributed by atoms with van der Waals surface area (Å²) in [5, 5.41) is 3.48. The summed E-state index contributed by atoms with van der Waals surface area (Å²) in [5.41, 5.74) is 1.43. The van der Waals surface area contributed by atoms with E-state index in [1.54, 1.807) is 6.07 Å². The van der Waals surface area contributed by atoms with Gasteiger partial charge in [-0.2, -0.15) is 0 Å². The highest BCUT2D eigenvalue weighted by atomic mass is 19.1. The molecule has 0 saturated carbocycles. The molecule has 2 heterocycles. The molecule has 2 unspecified atom stereocenters. The number of rotatable bonds is 4. The van der Waals surface area contributed by atoms with Crippen molar-refractivity contribution < 1.29 is 4.39 Å². The van der Waals surface area contributed by atoms with Crippen molar-refractivity contribution in [2.24, 2.45) is 11.8 Å². The van der Waals surface area contributed by atoms with Crippen LogP contribution in [0.3, 0.4) is 0 Å². The molecule has 1 aromatic carbocycles. The van der Waals surface area contributed by atoms with Gasteiger partial charge in [0.25, 0.3) is 0 Å². The smallest absolute Gasteiger partial charge is 0.151 e. The highest BCUT2D eigenvalue weighted by molar-refractivity contribution is 5.76. The minimum Gasteiger partial charge on any atom is -0.328 e. The van der Waals surface area contributed by atoms with E-state index in [0.29, 0.717) is 17.4 Å². The number of nitrogens with one attached hydrogen (secondary N) is 1. The van der Waals surface area contributed by atoms with E-state index in [9.17, 15) is 4.39 Å². The molecule has 1 saturated heterocycles. The lowest BCUT2D eigenvalue weighted by atomic mass is 9.85. The van der Waals surface area contributed by atoms with Crippen molar-refractivity contribution in [3.8, 4) is 0 Å². The van der Waals surface area contributed by atoms with Crippen LogP contribution in [-0.2, 0) is 13.0 Å². The first-order chi connectivity index (χ1) is 10.2. The molecular formula is C17H24FN3. The Morgan fingerprint density at radius 1 is 1.48 bits per heavy atom. The Hall–Kier alpha value is -1.42. The Morgan fingerprint density at radius 2 is 2.33 bits per heavy atom. The second-order valence-corrected chi connectivity index (χ2v) is 6.17. The number of hydrogen-bond acceptors (Lipinski definition) is 2. The van der Waals surface area contributed by atoms with Crippen molar-refractivity contribution in [3.05, 3.63) is 29.8 Å². The van der Waals surface area contributed by atoms with E-state index in [4.69, 9.17) is 0 Å². The van der Waals surface area contributed by atoms with Crippen molar-refractivity contribution in [1.29, 1.82) is 0 Å². The van der Waals surface area contributed by atoms with Gasteiger partial charge in [0.05, 0.1) is 5.52 Å². The van der Waals surface area contributed by atoms with Gasteiger partial charge in [-0.3, -0.25) is 0 Å². The molecule has 4 heteroatoms. The zero-order chi connectivity index (χ0) is 14.8. The summed E-state index contributed by atoms with van der Waals surface area (Å²) >= 11 is 0. The maximum absolute atomic E-state index is 13.9. The van der Waals surface area contributed by atoms with E-state index in [1.807, 2.05) is 6.07 Å². The van der Waals surface area contributed by atoms with E-state index in [2.05, 4.69) is 28.7 Å². The van der Waals surface area contributed by atoms with Gasteiger partial charge in [-0.1, -0.05) is 13.0 Å². The van der Waals surface area contributed by atoms with Crippen LogP contribution in [0.25, 0.3) is 11.0 Å². The lowest BCUT2D eigenvalue weighted by molar-refractivity contribution is 0.274. The summed E-state index contributed by atoms with van der Waals surface area (Å²) in [6.45, 7) is 7.48. The number of aryl methyl sites for hydroxylation is 1. The highest BCUT2D eigenvalue weighted by Gasteiger charge is 2.22. The molecule has 0 spiro atoms. The van der Waals surface area contributed by atoms with Crippen LogP contribution in [0.4, 0.5) is 4.39 Å². The van der Waals surface area contributed by atoms with Crippen LogP contribution >= 0.6 is 0 Å². The van der Waals surface area contributed by atoms with Gasteiger partial charge in [0.2, 0.25) is 0 Å². The fraction of sp³-hybridized carbons (Fsp3) is 0.588. The van der Waals surface area contributed by atoms with Crippen molar-refractivity contribution in [2.75, 3.05) is 13.1 Å². The largest absolute Gasteiger partial charge is 0.328 e. The van der Waals surface area contributed by atoms with Crippen LogP contribution in [0.1, 0.15) is 32.5 Å². The van der Waals surface area contributed by atoms with Gasteiger partial charge >= 0.3 is 0 Å². The topological polar surface area (TPSA) is 29.9 Å². The predicted molar refractivity (Wildman–Crippen MR) is 83.8 cm³/mol. The number of fused-ring (bicyclic) bond motifs is 1. The molecule has 2 aromatic rings. The van der Waals surface area contributed by atoms with Crippen molar-refractivity contribution in [3.63, 3.8) is 0 Å². The average Bonchev–Trinajstić information content (AvgIpc) is 2.87. The summed E-state index contributed by atoms with van der Waals surface area (Å²) in [6.07, 6.45) is 3.47. The normalized spacial score (nSPS) is 20.8. The zero-order valence-electron chi connectivity index (χ0n) is 12.9. The number of nitrogens with zero attached hydrogens (tertiary/aromatic N) is 2. The zero-order valence-corrected chi connectivity index (χ0v) is 12.9. The van der Waals surface area contributed by atoms with Crippen molar-refractivity contribution in [1.82, 2.24) is 14.9 Å². The molecule has 3 rings (SSSR count). The molecule has 1 fully saturated rings. The van der Waals surface area contributed by atoms with E-state index in [-0.39, 0.29) is 5.82 Å². The van der Waals surface area contributed by atoms with E-state index < -0.39 is 0 Å². The van der Waals surface area contributed by atoms with Crippen molar-refractivity contribution in [2.45, 2.75) is 39.7 Å². The van der Waals surface area contributed by atoms with Gasteiger partial charge in [0.1, 0.15) is 11.3 Å². The molecule has 1 aliphatic rings. The van der Waals surface area contributed by atoms with E-state index in [0.717, 1.165) is 37.4 Å². The Labute approximate surface area is 125 Å². The van der Waals surface area contributed by atoms with Gasteiger partial charge in [0, 0.05) is 13.0 Å².